The van der Waals surface area contributed by atoms with Crippen LogP contribution >= 0.6 is 0 Å². The number of hydrogen-bond donors (Lipinski definition) is 2. The second-order valence-corrected chi connectivity index (χ2v) is 4.97. The summed E-state index contributed by atoms with van der Waals surface area (Å²) in [4.78, 5) is 16.6. The van der Waals surface area contributed by atoms with E-state index in [1.165, 1.54) is 0 Å². The molecule has 0 aliphatic heterocycles. The maximum Gasteiger partial charge on any atom is 0.270 e. The van der Waals surface area contributed by atoms with Crippen LogP contribution in [0.5, 0.6) is 0 Å². The van der Waals surface area contributed by atoms with Crippen molar-refractivity contribution in [2.75, 3.05) is 6.61 Å². The van der Waals surface area contributed by atoms with Crippen molar-refractivity contribution in [1.29, 1.82) is 0 Å². The molecule has 18 heavy (non-hydrogen) atoms. The summed E-state index contributed by atoms with van der Waals surface area (Å²) >= 11 is 0. The van der Waals surface area contributed by atoms with Crippen LogP contribution in [-0.2, 0) is 0 Å². The molecule has 2 heterocycles. The number of rotatable bonds is 3. The third-order valence-corrected chi connectivity index (χ3v) is 2.77. The van der Waals surface area contributed by atoms with E-state index in [0.29, 0.717) is 11.4 Å². The molecule has 0 aromatic carbocycles. The predicted octanol–water partition coefficient (Wildman–Crippen LogP) is 1.14. The number of aromatic nitrogens is 2. The van der Waals surface area contributed by atoms with E-state index in [2.05, 4.69) is 10.3 Å². The summed E-state index contributed by atoms with van der Waals surface area (Å²) in [5, 5.41) is 12.0. The third-order valence-electron chi connectivity index (χ3n) is 2.77. The Labute approximate surface area is 105 Å². The van der Waals surface area contributed by atoms with Crippen molar-refractivity contribution in [3.63, 3.8) is 0 Å². The number of nitrogens with zero attached hydrogens (tertiary/aromatic N) is 2. The normalized spacial score (nSPS) is 11.8. The lowest BCUT2D eigenvalue weighted by Crippen LogP contribution is -2.46. The monoisotopic (exact) mass is 247 g/mol. The highest BCUT2D eigenvalue weighted by atomic mass is 16.3. The van der Waals surface area contributed by atoms with Gasteiger partial charge in [0.15, 0.2) is 0 Å². The van der Waals surface area contributed by atoms with Crippen molar-refractivity contribution in [1.82, 2.24) is 14.7 Å². The predicted molar refractivity (Wildman–Crippen MR) is 68.6 cm³/mol. The van der Waals surface area contributed by atoms with E-state index < -0.39 is 5.54 Å². The highest BCUT2D eigenvalue weighted by Gasteiger charge is 2.23. The fraction of sp³-hybridized carbons (Fsp3) is 0.385. The van der Waals surface area contributed by atoms with Gasteiger partial charge in [-0.2, -0.15) is 0 Å². The van der Waals surface area contributed by atoms with Gasteiger partial charge in [-0.05, 0) is 32.9 Å². The Morgan fingerprint density at radius 1 is 1.50 bits per heavy atom. The Bertz CT molecular complexity index is 587. The number of aryl methyl sites for hydroxylation is 1. The Morgan fingerprint density at radius 2 is 2.22 bits per heavy atom. The summed E-state index contributed by atoms with van der Waals surface area (Å²) in [7, 11) is 0. The van der Waals surface area contributed by atoms with Crippen LogP contribution in [0.15, 0.2) is 24.4 Å². The van der Waals surface area contributed by atoms with Crippen LogP contribution in [0.2, 0.25) is 0 Å². The molecule has 0 radical (unpaired) electrons. The molecule has 0 saturated heterocycles. The van der Waals surface area contributed by atoms with Gasteiger partial charge < -0.3 is 10.4 Å². The molecule has 2 aromatic rings. The maximum atomic E-state index is 12.2. The van der Waals surface area contributed by atoms with Crippen molar-refractivity contribution in [2.24, 2.45) is 0 Å². The van der Waals surface area contributed by atoms with Crippen LogP contribution in [0.1, 0.15) is 30.0 Å². The number of pyridine rings is 1. The van der Waals surface area contributed by atoms with E-state index in [0.717, 1.165) is 5.65 Å². The number of amides is 1. The van der Waals surface area contributed by atoms with Gasteiger partial charge in [-0.25, -0.2) is 4.98 Å². The van der Waals surface area contributed by atoms with E-state index in [9.17, 15) is 9.90 Å². The number of aliphatic hydroxyl groups excluding tert-OH is 1. The minimum absolute atomic E-state index is 0.117. The lowest BCUT2D eigenvalue weighted by Gasteiger charge is -2.23. The van der Waals surface area contributed by atoms with E-state index in [-0.39, 0.29) is 12.5 Å². The second-order valence-electron chi connectivity index (χ2n) is 4.97. The lowest BCUT2D eigenvalue weighted by atomic mass is 10.1. The Balaban J connectivity index is 2.42. The Hall–Kier alpha value is -1.88. The van der Waals surface area contributed by atoms with Gasteiger partial charge in [-0.1, -0.05) is 6.07 Å². The second kappa shape index (κ2) is 4.42. The molecule has 0 aliphatic carbocycles. The zero-order valence-electron chi connectivity index (χ0n) is 10.8. The van der Waals surface area contributed by atoms with Crippen molar-refractivity contribution >= 4 is 11.6 Å². The number of hydrogen-bond acceptors (Lipinski definition) is 3. The standard InChI is InChI=1S/C13H17N3O2/c1-9-11(12(18)15-13(2,3)8-17)16-7-5-4-6-10(16)14-9/h4-7,17H,8H2,1-3H3,(H,15,18). The van der Waals surface area contributed by atoms with Crippen LogP contribution in [-0.4, -0.2) is 32.5 Å². The molecule has 2 N–H and O–H groups in total. The van der Waals surface area contributed by atoms with Gasteiger partial charge in [0.05, 0.1) is 17.8 Å². The number of carbonyl (C=O) groups is 1. The number of fused-ring (bicyclic) bond motifs is 1. The van der Waals surface area contributed by atoms with Crippen molar-refractivity contribution in [3.05, 3.63) is 35.8 Å². The zero-order chi connectivity index (χ0) is 13.3. The number of nitrogens with one attached hydrogen (secondary N) is 1. The fourth-order valence-corrected chi connectivity index (χ4v) is 1.79. The van der Waals surface area contributed by atoms with E-state index >= 15 is 0 Å². The van der Waals surface area contributed by atoms with Gasteiger partial charge in [-0.15, -0.1) is 0 Å². The summed E-state index contributed by atoms with van der Waals surface area (Å²) in [6.45, 7) is 5.22. The molecule has 0 fully saturated rings. The first-order valence-electron chi connectivity index (χ1n) is 5.82. The van der Waals surface area contributed by atoms with Gasteiger partial charge >= 0.3 is 0 Å². The maximum absolute atomic E-state index is 12.2. The molecule has 0 aliphatic rings. The van der Waals surface area contributed by atoms with E-state index in [1.54, 1.807) is 31.4 Å². The first-order chi connectivity index (χ1) is 8.44. The number of carbonyl (C=O) groups excluding carboxylic acids is 1. The molecule has 2 aromatic heterocycles. The van der Waals surface area contributed by atoms with Crippen molar-refractivity contribution in [3.8, 4) is 0 Å². The molecular weight excluding hydrogens is 230 g/mol. The molecule has 5 nitrogen and oxygen atoms in total. The quantitative estimate of drug-likeness (QED) is 0.854. The summed E-state index contributed by atoms with van der Waals surface area (Å²) < 4.78 is 1.75. The first-order valence-corrected chi connectivity index (χ1v) is 5.82. The van der Waals surface area contributed by atoms with Crippen LogP contribution in [0.3, 0.4) is 0 Å². The smallest absolute Gasteiger partial charge is 0.270 e. The topological polar surface area (TPSA) is 66.6 Å². The molecule has 96 valence electrons. The van der Waals surface area contributed by atoms with Crippen LogP contribution < -0.4 is 5.32 Å². The molecule has 0 bridgehead atoms. The largest absolute Gasteiger partial charge is 0.394 e. The lowest BCUT2D eigenvalue weighted by molar-refractivity contribution is 0.0862. The molecule has 0 unspecified atom stereocenters. The molecule has 1 amide bonds. The van der Waals surface area contributed by atoms with Crippen LogP contribution in [0, 0.1) is 6.92 Å². The van der Waals surface area contributed by atoms with Crippen LogP contribution in [0.4, 0.5) is 0 Å². The van der Waals surface area contributed by atoms with E-state index in [1.807, 2.05) is 18.2 Å². The summed E-state index contributed by atoms with van der Waals surface area (Å²) in [6.07, 6.45) is 1.80. The summed E-state index contributed by atoms with van der Waals surface area (Å²) in [6, 6.07) is 5.57. The Morgan fingerprint density at radius 3 is 2.89 bits per heavy atom. The summed E-state index contributed by atoms with van der Waals surface area (Å²) in [5.74, 6) is -0.231. The van der Waals surface area contributed by atoms with Crippen molar-refractivity contribution in [2.45, 2.75) is 26.3 Å². The average molecular weight is 247 g/mol. The third kappa shape index (κ3) is 2.22. The molecule has 5 heteroatoms. The highest BCUT2D eigenvalue weighted by Crippen LogP contribution is 2.13. The van der Waals surface area contributed by atoms with Gasteiger partial charge in [-0.3, -0.25) is 9.20 Å². The highest BCUT2D eigenvalue weighted by molar-refractivity contribution is 5.95. The zero-order valence-corrected chi connectivity index (χ0v) is 10.8. The van der Waals surface area contributed by atoms with Gasteiger partial charge in [0, 0.05) is 6.20 Å². The van der Waals surface area contributed by atoms with Gasteiger partial charge in [0.25, 0.3) is 5.91 Å². The summed E-state index contributed by atoms with van der Waals surface area (Å²) in [5.41, 5.74) is 1.27. The van der Waals surface area contributed by atoms with Gasteiger partial charge in [0.1, 0.15) is 11.3 Å². The average Bonchev–Trinajstić information content (AvgIpc) is 2.64. The molecule has 2 rings (SSSR count). The fourth-order valence-electron chi connectivity index (χ4n) is 1.79. The van der Waals surface area contributed by atoms with E-state index in [4.69, 9.17) is 0 Å². The molecular formula is C13H17N3O2. The number of imidazole rings is 1. The molecule has 0 saturated carbocycles. The van der Waals surface area contributed by atoms with Crippen molar-refractivity contribution < 1.29 is 9.90 Å². The first kappa shape index (κ1) is 12.6. The number of aliphatic hydroxyl groups is 1. The minimum atomic E-state index is -0.650. The molecule has 0 spiro atoms. The van der Waals surface area contributed by atoms with Gasteiger partial charge in [0.2, 0.25) is 0 Å². The molecule has 0 atom stereocenters. The Kier molecular flexibility index (Phi) is 3.09. The minimum Gasteiger partial charge on any atom is -0.394 e. The van der Waals surface area contributed by atoms with Crippen LogP contribution in [0.25, 0.3) is 5.65 Å². The SMILES string of the molecule is Cc1nc2ccccn2c1C(=O)NC(C)(C)CO.